The van der Waals surface area contributed by atoms with E-state index in [1.54, 1.807) is 24.3 Å². The van der Waals surface area contributed by atoms with Gasteiger partial charge >= 0.3 is 0 Å². The number of para-hydroxylation sites is 1. The number of pyridine rings is 1. The van der Waals surface area contributed by atoms with E-state index in [0.29, 0.717) is 25.8 Å². The average Bonchev–Trinajstić information content (AvgIpc) is 2.61. The van der Waals surface area contributed by atoms with Gasteiger partial charge in [0.2, 0.25) is 11.8 Å². The molecule has 1 aromatic carbocycles. The molecule has 1 aromatic heterocycles. The minimum absolute atomic E-state index is 0.0104. The van der Waals surface area contributed by atoms with Gasteiger partial charge in [0.25, 0.3) is 0 Å². The molecule has 0 fully saturated rings. The maximum Gasteiger partial charge on any atom is 0.226 e. The second-order valence-corrected chi connectivity index (χ2v) is 5.28. The predicted molar refractivity (Wildman–Crippen MR) is 89.8 cm³/mol. The van der Waals surface area contributed by atoms with Crippen molar-refractivity contribution < 1.29 is 9.59 Å². The molecule has 1 heterocycles. The lowest BCUT2D eigenvalue weighted by atomic mass is 10.2. The van der Waals surface area contributed by atoms with Gasteiger partial charge in [-0.3, -0.25) is 14.6 Å². The summed E-state index contributed by atoms with van der Waals surface area (Å²) in [5.74, 6) is -0.0414. The van der Waals surface area contributed by atoms with Gasteiger partial charge in [-0.2, -0.15) is 0 Å². The second-order valence-electron chi connectivity index (χ2n) is 5.28. The Balaban J connectivity index is 1.68. The fraction of sp³-hybridized carbons (Fsp3) is 0.278. The Labute approximate surface area is 136 Å². The number of carbonyl (C=O) groups is 2. The summed E-state index contributed by atoms with van der Waals surface area (Å²) in [5.41, 5.74) is 1.82. The molecule has 0 aliphatic heterocycles. The minimum Gasteiger partial charge on any atom is -0.352 e. The van der Waals surface area contributed by atoms with Gasteiger partial charge in [-0.1, -0.05) is 24.3 Å². The molecule has 0 aliphatic carbocycles. The summed E-state index contributed by atoms with van der Waals surface area (Å²) in [4.78, 5) is 29.5. The highest BCUT2D eigenvalue weighted by Crippen LogP contribution is 2.13. The van der Waals surface area contributed by atoms with Crippen LogP contribution in [0.15, 0.2) is 54.9 Å². The quantitative estimate of drug-likeness (QED) is 0.854. The van der Waals surface area contributed by atoms with Gasteiger partial charge in [-0.25, -0.2) is 0 Å². The number of amides is 2. The van der Waals surface area contributed by atoms with Crippen molar-refractivity contribution in [3.05, 3.63) is 60.4 Å². The van der Waals surface area contributed by atoms with Crippen LogP contribution in [0.5, 0.6) is 0 Å². The van der Waals surface area contributed by atoms with Crippen LogP contribution in [0, 0.1) is 0 Å². The smallest absolute Gasteiger partial charge is 0.226 e. The summed E-state index contributed by atoms with van der Waals surface area (Å²) in [6.07, 6.45) is 4.65. The summed E-state index contributed by atoms with van der Waals surface area (Å²) in [6.45, 7) is 0.463. The van der Waals surface area contributed by atoms with E-state index in [1.165, 1.54) is 0 Å². The maximum absolute atomic E-state index is 12.1. The summed E-state index contributed by atoms with van der Waals surface area (Å²) in [6, 6.07) is 13.2. The molecule has 0 unspecified atom stereocenters. The molecular formula is C18H21N3O2. The minimum atomic E-state index is -0.0518. The molecule has 2 rings (SSSR count). The van der Waals surface area contributed by atoms with Gasteiger partial charge in [-0.15, -0.1) is 0 Å². The molecule has 120 valence electrons. The Kier molecular flexibility index (Phi) is 6.29. The molecule has 23 heavy (non-hydrogen) atoms. The van der Waals surface area contributed by atoms with Gasteiger partial charge in [0, 0.05) is 44.5 Å². The number of rotatable bonds is 7. The number of anilines is 1. The highest BCUT2D eigenvalue weighted by atomic mass is 16.2. The maximum atomic E-state index is 12.1. The SMILES string of the molecule is CN(C(=O)CCCC(=O)NCc1cccnc1)c1ccccc1. The van der Waals surface area contributed by atoms with Crippen molar-refractivity contribution in [1.29, 1.82) is 0 Å². The highest BCUT2D eigenvalue weighted by Gasteiger charge is 2.11. The summed E-state index contributed by atoms with van der Waals surface area (Å²) >= 11 is 0. The van der Waals surface area contributed by atoms with E-state index < -0.39 is 0 Å². The van der Waals surface area contributed by atoms with Crippen LogP contribution < -0.4 is 10.2 Å². The predicted octanol–water partition coefficient (Wildman–Crippen LogP) is 2.53. The molecule has 0 aliphatic rings. The van der Waals surface area contributed by atoms with Crippen LogP contribution in [0.4, 0.5) is 5.69 Å². The molecule has 2 amide bonds. The van der Waals surface area contributed by atoms with Crippen molar-refractivity contribution in [2.75, 3.05) is 11.9 Å². The Hall–Kier alpha value is -2.69. The van der Waals surface area contributed by atoms with Crippen LogP contribution in [-0.4, -0.2) is 23.8 Å². The first kappa shape index (κ1) is 16.7. The van der Waals surface area contributed by atoms with Crippen molar-refractivity contribution in [1.82, 2.24) is 10.3 Å². The number of nitrogens with one attached hydrogen (secondary N) is 1. The van der Waals surface area contributed by atoms with E-state index in [0.717, 1.165) is 11.3 Å². The van der Waals surface area contributed by atoms with Crippen molar-refractivity contribution in [3.63, 3.8) is 0 Å². The molecule has 0 radical (unpaired) electrons. The van der Waals surface area contributed by atoms with E-state index >= 15 is 0 Å². The Morgan fingerprint density at radius 2 is 1.87 bits per heavy atom. The summed E-state index contributed by atoms with van der Waals surface area (Å²) in [5, 5.41) is 2.83. The van der Waals surface area contributed by atoms with Crippen LogP contribution in [0.25, 0.3) is 0 Å². The average molecular weight is 311 g/mol. The molecular weight excluding hydrogens is 290 g/mol. The number of hydrogen-bond donors (Lipinski definition) is 1. The standard InChI is InChI=1S/C18H21N3O2/c1-21(16-8-3-2-4-9-16)18(23)11-5-10-17(22)20-14-15-7-6-12-19-13-15/h2-4,6-9,12-13H,5,10-11,14H2,1H3,(H,20,22). The number of nitrogens with zero attached hydrogens (tertiary/aromatic N) is 2. The van der Waals surface area contributed by atoms with Crippen LogP contribution >= 0.6 is 0 Å². The van der Waals surface area contributed by atoms with E-state index in [4.69, 9.17) is 0 Å². The second kappa shape index (κ2) is 8.68. The van der Waals surface area contributed by atoms with Gasteiger partial charge in [0.15, 0.2) is 0 Å². The van der Waals surface area contributed by atoms with Gasteiger partial charge < -0.3 is 10.2 Å². The lowest BCUT2D eigenvalue weighted by Gasteiger charge is -2.17. The summed E-state index contributed by atoms with van der Waals surface area (Å²) < 4.78 is 0. The third-order valence-corrected chi connectivity index (χ3v) is 3.52. The molecule has 0 spiro atoms. The number of aromatic nitrogens is 1. The topological polar surface area (TPSA) is 62.3 Å². The van der Waals surface area contributed by atoms with Crippen LogP contribution in [0.1, 0.15) is 24.8 Å². The molecule has 0 saturated carbocycles. The molecule has 1 N–H and O–H groups in total. The molecule has 0 saturated heterocycles. The third kappa shape index (κ3) is 5.54. The first-order valence-corrected chi connectivity index (χ1v) is 7.64. The zero-order valence-corrected chi connectivity index (χ0v) is 13.2. The van der Waals surface area contributed by atoms with Crippen molar-refractivity contribution in [2.24, 2.45) is 0 Å². The number of carbonyl (C=O) groups excluding carboxylic acids is 2. The monoisotopic (exact) mass is 311 g/mol. The fourth-order valence-electron chi connectivity index (χ4n) is 2.16. The zero-order valence-electron chi connectivity index (χ0n) is 13.2. The molecule has 5 nitrogen and oxygen atoms in total. The Morgan fingerprint density at radius 3 is 2.57 bits per heavy atom. The molecule has 0 atom stereocenters. The summed E-state index contributed by atoms with van der Waals surface area (Å²) in [7, 11) is 1.75. The van der Waals surface area contributed by atoms with Crippen molar-refractivity contribution in [2.45, 2.75) is 25.8 Å². The molecule has 0 bridgehead atoms. The third-order valence-electron chi connectivity index (χ3n) is 3.52. The van der Waals surface area contributed by atoms with Crippen LogP contribution in [0.3, 0.4) is 0 Å². The Morgan fingerprint density at radius 1 is 1.09 bits per heavy atom. The Bertz CT molecular complexity index is 629. The van der Waals surface area contributed by atoms with E-state index in [-0.39, 0.29) is 11.8 Å². The van der Waals surface area contributed by atoms with E-state index in [2.05, 4.69) is 10.3 Å². The van der Waals surface area contributed by atoms with Gasteiger partial charge in [0.05, 0.1) is 0 Å². The highest BCUT2D eigenvalue weighted by molar-refractivity contribution is 5.92. The molecule has 2 aromatic rings. The fourth-order valence-corrected chi connectivity index (χ4v) is 2.16. The first-order valence-electron chi connectivity index (χ1n) is 7.64. The largest absolute Gasteiger partial charge is 0.352 e. The van der Waals surface area contributed by atoms with Crippen LogP contribution in [0.2, 0.25) is 0 Å². The normalized spacial score (nSPS) is 10.1. The van der Waals surface area contributed by atoms with E-state index in [9.17, 15) is 9.59 Å². The lowest BCUT2D eigenvalue weighted by molar-refractivity contribution is -0.121. The van der Waals surface area contributed by atoms with Crippen molar-refractivity contribution in [3.8, 4) is 0 Å². The lowest BCUT2D eigenvalue weighted by Crippen LogP contribution is -2.27. The van der Waals surface area contributed by atoms with Gasteiger partial charge in [-0.05, 0) is 30.2 Å². The van der Waals surface area contributed by atoms with E-state index in [1.807, 2.05) is 42.5 Å². The zero-order chi connectivity index (χ0) is 16.5. The number of benzene rings is 1. The van der Waals surface area contributed by atoms with Gasteiger partial charge in [0.1, 0.15) is 0 Å². The first-order chi connectivity index (χ1) is 11.2. The number of hydrogen-bond acceptors (Lipinski definition) is 3. The van der Waals surface area contributed by atoms with Crippen molar-refractivity contribution >= 4 is 17.5 Å². The molecule has 5 heteroatoms. The van der Waals surface area contributed by atoms with Crippen LogP contribution in [-0.2, 0) is 16.1 Å².